The van der Waals surface area contributed by atoms with Crippen LogP contribution in [0, 0.1) is 11.8 Å². The molecule has 1 aliphatic rings. The molecule has 4 rings (SSSR count). The van der Waals surface area contributed by atoms with Gasteiger partial charge in [0.25, 0.3) is 0 Å². The first-order chi connectivity index (χ1) is 15.4. The second-order valence-corrected chi connectivity index (χ2v) is 10.1. The van der Waals surface area contributed by atoms with Crippen LogP contribution in [-0.2, 0) is 11.3 Å². The Hall–Kier alpha value is -2.37. The fourth-order valence-corrected chi connectivity index (χ4v) is 5.21. The number of carbonyl (C=O) groups excluding carboxylic acids is 1. The number of hydrogen-bond acceptors (Lipinski definition) is 3. The summed E-state index contributed by atoms with van der Waals surface area (Å²) >= 11 is 3.52. The lowest BCUT2D eigenvalue weighted by atomic mass is 9.75. The van der Waals surface area contributed by atoms with E-state index in [4.69, 9.17) is 4.74 Å². The Morgan fingerprint density at radius 2 is 1.78 bits per heavy atom. The minimum atomic E-state index is -1.12. The summed E-state index contributed by atoms with van der Waals surface area (Å²) in [4.78, 5) is 13.2. The number of fused-ring (bicyclic) bond motifs is 1. The molecular weight excluding hydrogens is 466 g/mol. The number of halogens is 1. The Labute approximate surface area is 198 Å². The number of amides is 1. The molecule has 0 aliphatic carbocycles. The summed E-state index contributed by atoms with van der Waals surface area (Å²) in [5.74, 6) is 0.756. The third-order valence-electron chi connectivity index (χ3n) is 6.33. The maximum atomic E-state index is 11.8. The number of rotatable bonds is 6. The molecule has 5 heteroatoms. The van der Waals surface area contributed by atoms with Gasteiger partial charge in [-0.05, 0) is 58.4 Å². The molecule has 3 aromatic carbocycles. The molecule has 0 aromatic heterocycles. The first-order valence-corrected chi connectivity index (χ1v) is 12.0. The summed E-state index contributed by atoms with van der Waals surface area (Å²) in [5.41, 5.74) is 2.28. The molecule has 0 radical (unpaired) electrons. The van der Waals surface area contributed by atoms with E-state index in [2.05, 4.69) is 72.2 Å². The maximum absolute atomic E-state index is 11.8. The molecule has 3 unspecified atom stereocenters. The molecule has 0 N–H and O–H groups in total. The zero-order valence-corrected chi connectivity index (χ0v) is 20.1. The predicted molar refractivity (Wildman–Crippen MR) is 129 cm³/mol. The fourth-order valence-electron chi connectivity index (χ4n) is 4.94. The van der Waals surface area contributed by atoms with E-state index < -0.39 is 6.09 Å². The molecule has 168 valence electrons. The van der Waals surface area contributed by atoms with Crippen LogP contribution in [0.3, 0.4) is 0 Å². The van der Waals surface area contributed by atoms with Gasteiger partial charge in [-0.25, -0.2) is 0 Å². The molecule has 3 atom stereocenters. The van der Waals surface area contributed by atoms with Crippen LogP contribution in [0.2, 0.25) is 0 Å². The van der Waals surface area contributed by atoms with Gasteiger partial charge in [0.2, 0.25) is 0 Å². The Morgan fingerprint density at radius 3 is 2.47 bits per heavy atom. The van der Waals surface area contributed by atoms with Crippen molar-refractivity contribution >= 4 is 32.8 Å². The predicted octanol–water partition coefficient (Wildman–Crippen LogP) is 5.59. The lowest BCUT2D eigenvalue weighted by Crippen LogP contribution is -2.55. The summed E-state index contributed by atoms with van der Waals surface area (Å²) in [6, 6.07) is 23.0. The van der Waals surface area contributed by atoms with Crippen molar-refractivity contribution < 1.29 is 14.6 Å². The normalized spacial score (nSPS) is 21.2. The Bertz CT molecular complexity index is 1070. The lowest BCUT2D eigenvalue weighted by molar-refractivity contribution is -0.269. The first-order valence-electron chi connectivity index (χ1n) is 11.2. The Balaban J connectivity index is 1.61. The first kappa shape index (κ1) is 22.8. The van der Waals surface area contributed by atoms with Crippen LogP contribution in [0.1, 0.15) is 37.3 Å². The SMILES string of the molecule is CC(C)CC1CN(C(=O)[O-])CC(OCc2ccc3ccccc3c2)C1c1ccc(Br)cc1. The van der Waals surface area contributed by atoms with Crippen molar-refractivity contribution in [2.75, 3.05) is 13.1 Å². The van der Waals surface area contributed by atoms with Crippen molar-refractivity contribution in [1.82, 2.24) is 4.90 Å². The van der Waals surface area contributed by atoms with Crippen LogP contribution in [0.5, 0.6) is 0 Å². The highest BCUT2D eigenvalue weighted by molar-refractivity contribution is 9.10. The third kappa shape index (κ3) is 5.33. The number of nitrogens with zero attached hydrogens (tertiary/aromatic N) is 1. The number of piperidine rings is 1. The van der Waals surface area contributed by atoms with Crippen LogP contribution in [-0.4, -0.2) is 30.2 Å². The molecule has 3 aromatic rings. The standard InChI is InChI=1S/C27H30BrNO3/c1-18(2)13-23-15-29(27(30)31)16-25(26(23)21-9-11-24(28)12-10-21)32-17-19-7-8-20-5-3-4-6-22(20)14-19/h3-12,14,18,23,25-26H,13,15-17H2,1-2H3,(H,30,31)/p-1. The van der Waals surface area contributed by atoms with Gasteiger partial charge in [0, 0.05) is 23.5 Å². The van der Waals surface area contributed by atoms with Gasteiger partial charge in [0.1, 0.15) is 6.09 Å². The quantitative estimate of drug-likeness (QED) is 0.448. The monoisotopic (exact) mass is 494 g/mol. The van der Waals surface area contributed by atoms with Crippen LogP contribution >= 0.6 is 15.9 Å². The molecule has 1 fully saturated rings. The van der Waals surface area contributed by atoms with Gasteiger partial charge >= 0.3 is 0 Å². The molecule has 4 nitrogen and oxygen atoms in total. The summed E-state index contributed by atoms with van der Waals surface area (Å²) in [6.07, 6.45) is -0.425. The minimum absolute atomic E-state index is 0.126. The highest BCUT2D eigenvalue weighted by Gasteiger charge is 2.38. The maximum Gasteiger partial charge on any atom is 0.137 e. The van der Waals surface area contributed by atoms with Crippen molar-refractivity contribution in [2.24, 2.45) is 11.8 Å². The van der Waals surface area contributed by atoms with Gasteiger partial charge in [-0.3, -0.25) is 0 Å². The topological polar surface area (TPSA) is 52.6 Å². The van der Waals surface area contributed by atoms with Crippen LogP contribution < -0.4 is 5.11 Å². The third-order valence-corrected chi connectivity index (χ3v) is 6.86. The van der Waals surface area contributed by atoms with Gasteiger partial charge in [-0.15, -0.1) is 0 Å². The van der Waals surface area contributed by atoms with E-state index in [0.717, 1.165) is 16.5 Å². The number of hydrogen-bond donors (Lipinski definition) is 0. The second-order valence-electron chi connectivity index (χ2n) is 9.17. The Kier molecular flexibility index (Phi) is 7.17. The summed E-state index contributed by atoms with van der Waals surface area (Å²) in [5, 5.41) is 14.2. The van der Waals surface area contributed by atoms with Gasteiger partial charge in [-0.2, -0.15) is 0 Å². The largest absolute Gasteiger partial charge is 0.530 e. The van der Waals surface area contributed by atoms with E-state index in [1.165, 1.54) is 21.2 Å². The van der Waals surface area contributed by atoms with Crippen molar-refractivity contribution in [1.29, 1.82) is 0 Å². The van der Waals surface area contributed by atoms with E-state index in [1.54, 1.807) is 0 Å². The van der Waals surface area contributed by atoms with Gasteiger partial charge < -0.3 is 19.5 Å². The smallest absolute Gasteiger partial charge is 0.137 e. The van der Waals surface area contributed by atoms with Crippen LogP contribution in [0.15, 0.2) is 71.2 Å². The number of carbonyl (C=O) groups is 1. The lowest BCUT2D eigenvalue weighted by Gasteiger charge is -2.45. The zero-order chi connectivity index (χ0) is 22.7. The molecule has 0 saturated carbocycles. The molecule has 1 heterocycles. The van der Waals surface area contributed by atoms with Crippen LogP contribution in [0.4, 0.5) is 4.79 Å². The van der Waals surface area contributed by atoms with E-state index in [1.807, 2.05) is 24.3 Å². The van der Waals surface area contributed by atoms with Crippen molar-refractivity contribution in [2.45, 2.75) is 38.9 Å². The number of carboxylic acid groups (broad SMARTS) is 1. The van der Waals surface area contributed by atoms with E-state index >= 15 is 0 Å². The minimum Gasteiger partial charge on any atom is -0.530 e. The Morgan fingerprint density at radius 1 is 1.06 bits per heavy atom. The van der Waals surface area contributed by atoms with E-state index in [0.29, 0.717) is 25.6 Å². The van der Waals surface area contributed by atoms with E-state index in [9.17, 15) is 9.90 Å². The van der Waals surface area contributed by atoms with Gasteiger partial charge in [0.15, 0.2) is 0 Å². The van der Waals surface area contributed by atoms with Gasteiger partial charge in [-0.1, -0.05) is 78.3 Å². The average Bonchev–Trinajstić information content (AvgIpc) is 2.77. The number of benzene rings is 3. The fraction of sp³-hybridized carbons (Fsp3) is 0.370. The van der Waals surface area contributed by atoms with Crippen LogP contribution in [0.25, 0.3) is 10.8 Å². The molecule has 32 heavy (non-hydrogen) atoms. The molecule has 1 amide bonds. The molecular formula is C27H29BrNO3-. The summed E-state index contributed by atoms with van der Waals surface area (Å²) < 4.78 is 7.49. The second kappa shape index (κ2) is 10.1. The van der Waals surface area contributed by atoms with E-state index in [-0.39, 0.29) is 17.9 Å². The average molecular weight is 495 g/mol. The van der Waals surface area contributed by atoms with Gasteiger partial charge in [0.05, 0.1) is 12.7 Å². The van der Waals surface area contributed by atoms with Crippen molar-refractivity contribution in [3.8, 4) is 0 Å². The molecule has 1 aliphatic heterocycles. The molecule has 0 spiro atoms. The molecule has 0 bridgehead atoms. The van der Waals surface area contributed by atoms with Crippen molar-refractivity contribution in [3.05, 3.63) is 82.3 Å². The van der Waals surface area contributed by atoms with Crippen molar-refractivity contribution in [3.63, 3.8) is 0 Å². The number of likely N-dealkylation sites (tertiary alicyclic amines) is 1. The number of ether oxygens (including phenoxy) is 1. The highest BCUT2D eigenvalue weighted by atomic mass is 79.9. The zero-order valence-electron chi connectivity index (χ0n) is 18.5. The summed E-state index contributed by atoms with van der Waals surface area (Å²) in [6.45, 7) is 5.61. The highest BCUT2D eigenvalue weighted by Crippen LogP contribution is 2.39. The molecule has 1 saturated heterocycles. The summed E-state index contributed by atoms with van der Waals surface area (Å²) in [7, 11) is 0.